The molecular formula is C45H27N3S2. The molecule has 10 rings (SSSR count). The summed E-state index contributed by atoms with van der Waals surface area (Å²) in [5.74, 6) is 2.02. The van der Waals surface area contributed by atoms with Gasteiger partial charge in [0.1, 0.15) is 0 Å². The molecule has 0 saturated carbocycles. The second-order valence-electron chi connectivity index (χ2n) is 12.4. The minimum atomic E-state index is 0.667. The molecule has 0 fully saturated rings. The van der Waals surface area contributed by atoms with Crippen LogP contribution in [0, 0.1) is 0 Å². The molecule has 0 N–H and O–H groups in total. The van der Waals surface area contributed by atoms with Crippen LogP contribution in [0.5, 0.6) is 0 Å². The maximum Gasteiger partial charge on any atom is 0.165 e. The number of hydrogen-bond donors (Lipinski definition) is 0. The normalized spacial score (nSPS) is 11.6. The number of thiophene rings is 2. The highest BCUT2D eigenvalue weighted by Crippen LogP contribution is 2.42. The summed E-state index contributed by atoms with van der Waals surface area (Å²) in [6.07, 6.45) is 0. The van der Waals surface area contributed by atoms with Gasteiger partial charge in [0.25, 0.3) is 0 Å². The third-order valence-electron chi connectivity index (χ3n) is 9.37. The number of hydrogen-bond acceptors (Lipinski definition) is 5. The molecule has 0 amide bonds. The fraction of sp³-hybridized carbons (Fsp3) is 0. The number of aromatic nitrogens is 3. The van der Waals surface area contributed by atoms with E-state index in [1.54, 1.807) is 11.3 Å². The minimum Gasteiger partial charge on any atom is -0.208 e. The molecule has 0 bridgehead atoms. The maximum atomic E-state index is 5.18. The zero-order valence-corrected chi connectivity index (χ0v) is 28.4. The molecule has 7 aromatic carbocycles. The van der Waals surface area contributed by atoms with Gasteiger partial charge in [0, 0.05) is 57.0 Å². The lowest BCUT2D eigenvalue weighted by Crippen LogP contribution is -2.00. The first-order valence-corrected chi connectivity index (χ1v) is 18.2. The third-order valence-corrected chi connectivity index (χ3v) is 11.7. The molecule has 5 heteroatoms. The zero-order chi connectivity index (χ0) is 33.0. The van der Waals surface area contributed by atoms with Crippen molar-refractivity contribution in [3.63, 3.8) is 0 Å². The minimum absolute atomic E-state index is 0.667. The molecule has 3 heterocycles. The highest BCUT2D eigenvalue weighted by atomic mass is 32.1. The Kier molecular flexibility index (Phi) is 6.86. The molecular weight excluding hydrogens is 647 g/mol. The molecule has 0 aliphatic rings. The van der Waals surface area contributed by atoms with Crippen molar-refractivity contribution in [2.75, 3.05) is 0 Å². The molecule has 0 radical (unpaired) electrons. The highest BCUT2D eigenvalue weighted by molar-refractivity contribution is 7.26. The molecule has 50 heavy (non-hydrogen) atoms. The highest BCUT2D eigenvalue weighted by Gasteiger charge is 2.18. The number of nitrogens with zero attached hydrogens (tertiary/aromatic N) is 3. The summed E-state index contributed by atoms with van der Waals surface area (Å²) in [7, 11) is 0. The molecule has 0 saturated heterocycles. The molecule has 0 unspecified atom stereocenters. The largest absolute Gasteiger partial charge is 0.208 e. The van der Waals surface area contributed by atoms with Crippen LogP contribution in [0.3, 0.4) is 0 Å². The number of fused-ring (bicyclic) bond motifs is 6. The molecule has 3 nitrogen and oxygen atoms in total. The molecule has 0 aliphatic carbocycles. The third kappa shape index (κ3) is 4.98. The summed E-state index contributed by atoms with van der Waals surface area (Å²) in [6, 6.07) is 58.0. The van der Waals surface area contributed by atoms with Gasteiger partial charge in [-0.25, -0.2) is 15.0 Å². The topological polar surface area (TPSA) is 38.7 Å². The van der Waals surface area contributed by atoms with Gasteiger partial charge in [-0.3, -0.25) is 0 Å². The van der Waals surface area contributed by atoms with Gasteiger partial charge < -0.3 is 0 Å². The van der Waals surface area contributed by atoms with Crippen molar-refractivity contribution < 1.29 is 0 Å². The second kappa shape index (κ2) is 11.8. The van der Waals surface area contributed by atoms with Gasteiger partial charge in [-0.2, -0.15) is 0 Å². The lowest BCUT2D eigenvalue weighted by Gasteiger charge is -2.09. The van der Waals surface area contributed by atoms with E-state index in [1.165, 1.54) is 62.6 Å². The van der Waals surface area contributed by atoms with Crippen molar-refractivity contribution in [2.45, 2.75) is 0 Å². The number of rotatable bonds is 5. The van der Waals surface area contributed by atoms with Crippen molar-refractivity contribution in [3.05, 3.63) is 164 Å². The Morgan fingerprint density at radius 2 is 0.800 bits per heavy atom. The maximum absolute atomic E-state index is 5.18. The molecule has 0 aliphatic heterocycles. The van der Waals surface area contributed by atoms with Crippen LogP contribution >= 0.6 is 22.7 Å². The Bertz CT molecular complexity index is 2850. The predicted octanol–water partition coefficient (Wildman–Crippen LogP) is 12.9. The summed E-state index contributed by atoms with van der Waals surface area (Å²) in [4.78, 5) is 15.3. The fourth-order valence-electron chi connectivity index (χ4n) is 6.85. The van der Waals surface area contributed by atoms with Gasteiger partial charge in [0.15, 0.2) is 17.5 Å². The van der Waals surface area contributed by atoms with E-state index in [1.807, 2.05) is 29.5 Å². The summed E-state index contributed by atoms with van der Waals surface area (Å²) in [6.45, 7) is 0. The van der Waals surface area contributed by atoms with Gasteiger partial charge in [-0.05, 0) is 64.7 Å². The monoisotopic (exact) mass is 673 g/mol. The van der Waals surface area contributed by atoms with Crippen LogP contribution in [0.2, 0.25) is 0 Å². The number of benzene rings is 7. The first-order chi connectivity index (χ1) is 24.7. The van der Waals surface area contributed by atoms with E-state index >= 15 is 0 Å². The SMILES string of the molecule is c1ccc(-c2ccc(-c3ccc4sc5c(-c6nc(-c7ccccc7)nc(-c7ccc8sc9ccccc9c8c7)n6)cccc5c4c3)cc2)cc1. The van der Waals surface area contributed by atoms with Crippen LogP contribution in [-0.2, 0) is 0 Å². The van der Waals surface area contributed by atoms with Gasteiger partial charge in [0.2, 0.25) is 0 Å². The van der Waals surface area contributed by atoms with Crippen molar-refractivity contribution >= 4 is 63.0 Å². The van der Waals surface area contributed by atoms with Crippen LogP contribution < -0.4 is 0 Å². The molecule has 3 aromatic heterocycles. The van der Waals surface area contributed by atoms with E-state index in [2.05, 4.69) is 146 Å². The summed E-state index contributed by atoms with van der Waals surface area (Å²) in [5.41, 5.74) is 7.80. The second-order valence-corrected chi connectivity index (χ2v) is 14.6. The smallest absolute Gasteiger partial charge is 0.165 e. The van der Waals surface area contributed by atoms with Gasteiger partial charge in [0.05, 0.1) is 0 Å². The van der Waals surface area contributed by atoms with E-state index in [4.69, 9.17) is 15.0 Å². The van der Waals surface area contributed by atoms with Crippen molar-refractivity contribution in [2.24, 2.45) is 0 Å². The van der Waals surface area contributed by atoms with E-state index in [-0.39, 0.29) is 0 Å². The van der Waals surface area contributed by atoms with Crippen LogP contribution in [0.25, 0.3) is 96.8 Å². The van der Waals surface area contributed by atoms with Gasteiger partial charge in [-0.1, -0.05) is 121 Å². The van der Waals surface area contributed by atoms with E-state index in [9.17, 15) is 0 Å². The molecule has 0 spiro atoms. The Morgan fingerprint density at radius 1 is 0.300 bits per heavy atom. The fourth-order valence-corrected chi connectivity index (χ4v) is 9.13. The Morgan fingerprint density at radius 3 is 1.58 bits per heavy atom. The quantitative estimate of drug-likeness (QED) is 0.182. The Labute approximate surface area is 296 Å². The van der Waals surface area contributed by atoms with Crippen LogP contribution in [0.15, 0.2) is 164 Å². The molecule has 234 valence electrons. The molecule has 0 atom stereocenters. The lowest BCUT2D eigenvalue weighted by atomic mass is 9.99. The first kappa shape index (κ1) is 29.0. The lowest BCUT2D eigenvalue weighted by molar-refractivity contribution is 1.08. The predicted molar refractivity (Wildman–Crippen MR) is 213 cm³/mol. The van der Waals surface area contributed by atoms with Crippen molar-refractivity contribution in [1.29, 1.82) is 0 Å². The standard InChI is InChI=1S/C45H27N3S2/c1-3-10-28(11-4-1)29-18-20-30(21-19-29)32-22-24-41-38(26-32)35-15-9-16-36(42(35)50-41)45-47-43(31-12-5-2-6-13-31)46-44(48-45)33-23-25-40-37(27-33)34-14-7-8-17-39(34)49-40/h1-27H. The van der Waals surface area contributed by atoms with E-state index < -0.39 is 0 Å². The average Bonchev–Trinajstić information content (AvgIpc) is 3.76. The van der Waals surface area contributed by atoms with Crippen LogP contribution in [0.4, 0.5) is 0 Å². The van der Waals surface area contributed by atoms with Crippen LogP contribution in [-0.4, -0.2) is 15.0 Å². The van der Waals surface area contributed by atoms with E-state index in [0.29, 0.717) is 17.5 Å². The van der Waals surface area contributed by atoms with Gasteiger partial charge >= 0.3 is 0 Å². The summed E-state index contributed by atoms with van der Waals surface area (Å²) in [5, 5.41) is 4.93. The first-order valence-electron chi connectivity index (χ1n) is 16.6. The average molecular weight is 674 g/mol. The van der Waals surface area contributed by atoms with Gasteiger partial charge in [-0.15, -0.1) is 22.7 Å². The molecule has 10 aromatic rings. The van der Waals surface area contributed by atoms with Crippen molar-refractivity contribution in [1.82, 2.24) is 15.0 Å². The van der Waals surface area contributed by atoms with Crippen molar-refractivity contribution in [3.8, 4) is 56.4 Å². The Hall–Kier alpha value is -6.01. The zero-order valence-electron chi connectivity index (χ0n) is 26.7. The van der Waals surface area contributed by atoms with Crippen LogP contribution in [0.1, 0.15) is 0 Å². The summed E-state index contributed by atoms with van der Waals surface area (Å²) < 4.78 is 4.96. The Balaban J connectivity index is 1.11. The summed E-state index contributed by atoms with van der Waals surface area (Å²) >= 11 is 3.61. The van der Waals surface area contributed by atoms with E-state index in [0.717, 1.165) is 16.7 Å².